The second-order valence-electron chi connectivity index (χ2n) is 0.957. The lowest BCUT2D eigenvalue weighted by molar-refractivity contribution is 0.762. The summed E-state index contributed by atoms with van der Waals surface area (Å²) < 4.78 is 0. The molecule has 1 N–H and O–H groups in total. The fraction of sp³-hybridized carbons (Fsp3) is 1.00. The summed E-state index contributed by atoms with van der Waals surface area (Å²) in [5.74, 6) is 0. The van der Waals surface area contributed by atoms with Gasteiger partial charge in [-0.2, -0.15) is 0 Å². The zero-order valence-corrected chi connectivity index (χ0v) is 6.65. The highest BCUT2D eigenvalue weighted by Crippen LogP contribution is 1.47. The molecule has 0 amide bonds. The molecule has 0 aliphatic heterocycles. The van der Waals surface area contributed by atoms with E-state index in [-0.39, 0.29) is 0 Å². The molecule has 1 atom stereocenters. The van der Waals surface area contributed by atoms with Gasteiger partial charge >= 0.3 is 0 Å². The van der Waals surface area contributed by atoms with Gasteiger partial charge in [0.05, 0.1) is 0 Å². The first-order chi connectivity index (χ1) is 3.41. The van der Waals surface area contributed by atoms with Crippen molar-refractivity contribution in [2.24, 2.45) is 0 Å². The van der Waals surface area contributed by atoms with Crippen molar-refractivity contribution in [3.05, 3.63) is 0 Å². The fourth-order valence-electron chi connectivity index (χ4n) is 0.250. The SMILES string of the molecule is CCNCC.CP. The molecule has 0 fully saturated rings. The zero-order valence-electron chi connectivity index (χ0n) is 5.49. The second kappa shape index (κ2) is 16.2. The maximum Gasteiger partial charge on any atom is -0.00775 e. The van der Waals surface area contributed by atoms with Gasteiger partial charge in [0.2, 0.25) is 0 Å². The molecule has 0 aliphatic rings. The summed E-state index contributed by atoms with van der Waals surface area (Å²) in [6.07, 6.45) is 0. The Morgan fingerprint density at radius 3 is 1.43 bits per heavy atom. The molecule has 2 heteroatoms. The third kappa shape index (κ3) is 21.6. The Labute approximate surface area is 49.1 Å². The van der Waals surface area contributed by atoms with Crippen LogP contribution in [0, 0.1) is 0 Å². The smallest absolute Gasteiger partial charge is 0.00775 e. The summed E-state index contributed by atoms with van der Waals surface area (Å²) in [7, 11) is 2.42. The van der Waals surface area contributed by atoms with Gasteiger partial charge in [0.15, 0.2) is 0 Å². The van der Waals surface area contributed by atoms with Crippen LogP contribution in [0.1, 0.15) is 13.8 Å². The summed E-state index contributed by atoms with van der Waals surface area (Å²) in [6.45, 7) is 8.31. The van der Waals surface area contributed by atoms with E-state index in [4.69, 9.17) is 0 Å². The van der Waals surface area contributed by atoms with Crippen LogP contribution in [0.2, 0.25) is 0 Å². The van der Waals surface area contributed by atoms with E-state index in [9.17, 15) is 0 Å². The molecule has 0 aromatic rings. The van der Waals surface area contributed by atoms with E-state index in [2.05, 4.69) is 28.4 Å². The molecule has 0 spiro atoms. The summed E-state index contributed by atoms with van der Waals surface area (Å²) in [6, 6.07) is 0. The molecule has 0 aromatic carbocycles. The normalized spacial score (nSPS) is 6.86. The van der Waals surface area contributed by atoms with E-state index in [1.807, 2.05) is 6.66 Å². The van der Waals surface area contributed by atoms with Gasteiger partial charge in [0.25, 0.3) is 0 Å². The maximum atomic E-state index is 3.11. The van der Waals surface area contributed by atoms with E-state index in [0.717, 1.165) is 13.1 Å². The van der Waals surface area contributed by atoms with Gasteiger partial charge in [-0.3, -0.25) is 0 Å². The molecule has 0 aliphatic carbocycles. The van der Waals surface area contributed by atoms with Crippen LogP contribution >= 0.6 is 9.24 Å². The standard InChI is InChI=1S/C4H11N.CH5P/c1-3-5-4-2;1-2/h5H,3-4H2,1-2H3;2H2,1H3. The lowest BCUT2D eigenvalue weighted by atomic mass is 10.7. The van der Waals surface area contributed by atoms with Gasteiger partial charge in [-0.15, -0.1) is 9.24 Å². The first-order valence-electron chi connectivity index (χ1n) is 2.70. The Balaban J connectivity index is 0. The van der Waals surface area contributed by atoms with Crippen LogP contribution in [0.5, 0.6) is 0 Å². The number of rotatable bonds is 2. The van der Waals surface area contributed by atoms with Crippen LogP contribution in [0.15, 0.2) is 0 Å². The molecule has 0 rings (SSSR count). The van der Waals surface area contributed by atoms with Crippen molar-refractivity contribution in [1.82, 2.24) is 5.32 Å². The van der Waals surface area contributed by atoms with Gasteiger partial charge in [0.1, 0.15) is 0 Å². The summed E-state index contributed by atoms with van der Waals surface area (Å²) in [5.41, 5.74) is 0. The average molecular weight is 121 g/mol. The van der Waals surface area contributed by atoms with Crippen molar-refractivity contribution >= 4 is 9.24 Å². The molecular weight excluding hydrogens is 105 g/mol. The Kier molecular flexibility index (Phi) is 24.0. The number of nitrogens with one attached hydrogen (secondary N) is 1. The molecule has 0 heterocycles. The van der Waals surface area contributed by atoms with Crippen LogP contribution in [0.4, 0.5) is 0 Å². The molecule has 1 nitrogen and oxygen atoms in total. The van der Waals surface area contributed by atoms with Crippen molar-refractivity contribution in [2.45, 2.75) is 13.8 Å². The Bertz CT molecular complexity index is 15.6. The average Bonchev–Trinajstić information content (AvgIpc) is 1.75. The first kappa shape index (κ1) is 10.4. The molecule has 1 unspecified atom stereocenters. The fourth-order valence-corrected chi connectivity index (χ4v) is 0.250. The third-order valence-corrected chi connectivity index (χ3v) is 0.500. The quantitative estimate of drug-likeness (QED) is 0.539. The second-order valence-corrected chi connectivity index (χ2v) is 0.957. The number of hydrogen-bond donors (Lipinski definition) is 1. The van der Waals surface area contributed by atoms with Gasteiger partial charge in [-0.25, -0.2) is 0 Å². The highest BCUT2D eigenvalue weighted by atomic mass is 31.0. The molecular formula is C5H16NP. The van der Waals surface area contributed by atoms with Crippen molar-refractivity contribution in [3.8, 4) is 0 Å². The van der Waals surface area contributed by atoms with Crippen LogP contribution in [0.25, 0.3) is 0 Å². The van der Waals surface area contributed by atoms with Gasteiger partial charge in [-0.05, 0) is 13.1 Å². The van der Waals surface area contributed by atoms with Crippen LogP contribution in [0.3, 0.4) is 0 Å². The minimum Gasteiger partial charge on any atom is -0.317 e. The number of hydrogen-bond acceptors (Lipinski definition) is 1. The molecule has 0 saturated heterocycles. The minimum atomic E-state index is 1.09. The Hall–Kier alpha value is 0.390. The topological polar surface area (TPSA) is 12.0 Å². The van der Waals surface area contributed by atoms with E-state index < -0.39 is 0 Å². The predicted octanol–water partition coefficient (Wildman–Crippen LogP) is 1.11. The molecule has 7 heavy (non-hydrogen) atoms. The molecule has 0 bridgehead atoms. The van der Waals surface area contributed by atoms with E-state index in [1.54, 1.807) is 0 Å². The van der Waals surface area contributed by atoms with Crippen LogP contribution < -0.4 is 5.32 Å². The van der Waals surface area contributed by atoms with Crippen LogP contribution in [-0.2, 0) is 0 Å². The Morgan fingerprint density at radius 2 is 1.43 bits per heavy atom. The minimum absolute atomic E-state index is 1.09. The van der Waals surface area contributed by atoms with Crippen molar-refractivity contribution in [3.63, 3.8) is 0 Å². The molecule has 0 aromatic heterocycles. The maximum absolute atomic E-state index is 3.11. The lowest BCUT2D eigenvalue weighted by Gasteiger charge is -1.86. The highest BCUT2D eigenvalue weighted by Gasteiger charge is 1.62. The lowest BCUT2D eigenvalue weighted by Crippen LogP contribution is -2.09. The van der Waals surface area contributed by atoms with Gasteiger partial charge in [0, 0.05) is 0 Å². The van der Waals surface area contributed by atoms with E-state index in [1.165, 1.54) is 0 Å². The Morgan fingerprint density at radius 1 is 1.14 bits per heavy atom. The van der Waals surface area contributed by atoms with Crippen molar-refractivity contribution in [1.29, 1.82) is 0 Å². The predicted molar refractivity (Wildman–Crippen MR) is 39.9 cm³/mol. The van der Waals surface area contributed by atoms with Gasteiger partial charge < -0.3 is 5.32 Å². The molecule has 46 valence electrons. The molecule has 0 radical (unpaired) electrons. The first-order valence-corrected chi connectivity index (χ1v) is 3.85. The highest BCUT2D eigenvalue weighted by molar-refractivity contribution is 7.15. The summed E-state index contributed by atoms with van der Waals surface area (Å²) >= 11 is 0. The van der Waals surface area contributed by atoms with Crippen molar-refractivity contribution < 1.29 is 0 Å². The van der Waals surface area contributed by atoms with Crippen molar-refractivity contribution in [2.75, 3.05) is 19.8 Å². The van der Waals surface area contributed by atoms with Gasteiger partial charge in [-0.1, -0.05) is 20.5 Å². The summed E-state index contributed by atoms with van der Waals surface area (Å²) in [5, 5.41) is 3.11. The zero-order chi connectivity index (χ0) is 6.12. The summed E-state index contributed by atoms with van der Waals surface area (Å²) in [4.78, 5) is 0. The van der Waals surface area contributed by atoms with E-state index >= 15 is 0 Å². The largest absolute Gasteiger partial charge is 0.317 e. The third-order valence-electron chi connectivity index (χ3n) is 0.500. The van der Waals surface area contributed by atoms with Crippen LogP contribution in [-0.4, -0.2) is 19.8 Å². The van der Waals surface area contributed by atoms with E-state index in [0.29, 0.717) is 0 Å². The monoisotopic (exact) mass is 121 g/mol. The molecule has 0 saturated carbocycles.